The largest absolute Gasteiger partial charge is 0.281 e. The van der Waals surface area contributed by atoms with Gasteiger partial charge in [-0.25, -0.2) is 4.21 Å². The highest BCUT2D eigenvalue weighted by atomic mass is 35.5. The second-order valence-electron chi connectivity index (χ2n) is 6.43. The van der Waals surface area contributed by atoms with Crippen LogP contribution in [0.3, 0.4) is 0 Å². The summed E-state index contributed by atoms with van der Waals surface area (Å²) in [6, 6.07) is 0. The molecule has 4 saturated carbocycles. The molecule has 0 aromatic heterocycles. The van der Waals surface area contributed by atoms with Crippen LogP contribution in [0.1, 0.15) is 38.5 Å². The molecule has 4 fully saturated rings. The van der Waals surface area contributed by atoms with Crippen molar-refractivity contribution in [3.05, 3.63) is 9.94 Å². The van der Waals surface area contributed by atoms with Gasteiger partial charge in [0.25, 0.3) is 0 Å². The topological polar surface area (TPSA) is 26.3 Å². The average Bonchev–Trinajstić information content (AvgIpc) is 2.56. The maximum atomic E-state index is 12.0. The van der Waals surface area contributed by atoms with E-state index < -0.39 is 11.1 Å². The molecule has 0 amide bonds. The molecule has 4 bridgehead atoms. The van der Waals surface area contributed by atoms with E-state index >= 15 is 0 Å². The van der Waals surface area contributed by atoms with Crippen LogP contribution < -0.4 is 0 Å². The van der Waals surface area contributed by atoms with Crippen molar-refractivity contribution in [1.82, 2.24) is 0 Å². The Morgan fingerprint density at radius 3 is 2.06 bits per heavy atom. The summed E-state index contributed by atoms with van der Waals surface area (Å²) in [7, 11) is 0. The minimum Gasteiger partial charge on any atom is -0.281 e. The highest BCUT2D eigenvalue weighted by molar-refractivity contribution is 7.84. The van der Waals surface area contributed by atoms with E-state index in [0.717, 1.165) is 27.7 Å². The van der Waals surface area contributed by atoms with Gasteiger partial charge in [0.2, 0.25) is 0 Å². The molecule has 4 aliphatic carbocycles. The summed E-state index contributed by atoms with van der Waals surface area (Å²) >= 11 is 5.02. The molecule has 17 heavy (non-hydrogen) atoms. The van der Waals surface area contributed by atoms with Crippen molar-refractivity contribution in [2.45, 2.75) is 38.5 Å². The maximum absolute atomic E-state index is 12.0. The molecule has 0 aromatic carbocycles. The fourth-order valence-electron chi connectivity index (χ4n) is 5.17. The van der Waals surface area contributed by atoms with Crippen LogP contribution in [0.2, 0.25) is 0 Å². The summed E-state index contributed by atoms with van der Waals surface area (Å²) in [4.78, 5) is 0.971. The number of allylic oxidation sites excluding steroid dienone is 1. The molecule has 2 nitrogen and oxygen atoms in total. The summed E-state index contributed by atoms with van der Waals surface area (Å²) in [5.74, 6) is 2.57. The first-order valence-electron chi connectivity index (χ1n) is 6.60. The summed E-state index contributed by atoms with van der Waals surface area (Å²) in [5.41, 5.74) is 0.146. The first-order valence-corrected chi connectivity index (χ1v) is 8.06. The Kier molecular flexibility index (Phi) is 2.32. The zero-order chi connectivity index (χ0) is 11.6. The molecule has 4 heteroatoms. The molecule has 1 heterocycles. The molecule has 0 N–H and O–H groups in total. The van der Waals surface area contributed by atoms with Crippen molar-refractivity contribution in [2.75, 3.05) is 6.61 Å². The first-order chi connectivity index (χ1) is 8.16. The quantitative estimate of drug-likeness (QED) is 0.732. The van der Waals surface area contributed by atoms with Crippen molar-refractivity contribution in [3.8, 4) is 0 Å². The minimum atomic E-state index is -1.26. The lowest BCUT2D eigenvalue weighted by molar-refractivity contribution is -0.0262. The summed E-state index contributed by atoms with van der Waals surface area (Å²) in [6.07, 6.45) is 7.83. The smallest absolute Gasteiger partial charge is 0.187 e. The van der Waals surface area contributed by atoms with Crippen molar-refractivity contribution >= 4 is 22.7 Å². The van der Waals surface area contributed by atoms with Crippen LogP contribution in [0.5, 0.6) is 0 Å². The van der Waals surface area contributed by atoms with Gasteiger partial charge in [0.15, 0.2) is 11.1 Å². The van der Waals surface area contributed by atoms with Gasteiger partial charge in [0, 0.05) is 5.41 Å². The van der Waals surface area contributed by atoms with Gasteiger partial charge in [0.05, 0.1) is 9.94 Å². The van der Waals surface area contributed by atoms with Crippen LogP contribution >= 0.6 is 11.6 Å². The number of hydrogen-bond donors (Lipinski definition) is 0. The van der Waals surface area contributed by atoms with E-state index in [4.69, 9.17) is 15.8 Å². The van der Waals surface area contributed by atoms with Crippen LogP contribution in [-0.2, 0) is 15.3 Å². The van der Waals surface area contributed by atoms with Crippen molar-refractivity contribution in [1.29, 1.82) is 0 Å². The van der Waals surface area contributed by atoms with Gasteiger partial charge < -0.3 is 0 Å². The standard InChI is InChI=1S/C13H17ClO2S/c14-11-7-16-17(15)12(11)13-4-8-1-9(5-13)3-10(2-8)6-13/h8-10H,1-7H2. The zero-order valence-corrected chi connectivity index (χ0v) is 11.4. The van der Waals surface area contributed by atoms with E-state index in [-0.39, 0.29) is 5.41 Å². The molecule has 94 valence electrons. The lowest BCUT2D eigenvalue weighted by Crippen LogP contribution is -2.47. The van der Waals surface area contributed by atoms with Gasteiger partial charge in [-0.15, -0.1) is 0 Å². The molecule has 0 spiro atoms. The van der Waals surface area contributed by atoms with Gasteiger partial charge in [0.1, 0.15) is 6.61 Å². The van der Waals surface area contributed by atoms with Crippen molar-refractivity contribution < 1.29 is 8.39 Å². The molecule has 1 aliphatic heterocycles. The van der Waals surface area contributed by atoms with Gasteiger partial charge in [-0.3, -0.25) is 4.18 Å². The van der Waals surface area contributed by atoms with E-state index in [9.17, 15) is 4.21 Å². The molecular weight excluding hydrogens is 256 g/mol. The summed E-state index contributed by atoms with van der Waals surface area (Å²) in [5, 5.41) is 0.741. The molecule has 1 atom stereocenters. The van der Waals surface area contributed by atoms with Gasteiger partial charge >= 0.3 is 0 Å². The van der Waals surface area contributed by atoms with E-state index in [1.54, 1.807) is 0 Å². The first kappa shape index (κ1) is 11.0. The van der Waals surface area contributed by atoms with Gasteiger partial charge in [-0.05, 0) is 56.3 Å². The van der Waals surface area contributed by atoms with Crippen LogP contribution in [0.25, 0.3) is 0 Å². The summed E-state index contributed by atoms with van der Waals surface area (Å²) in [6.45, 7) is 0.366. The van der Waals surface area contributed by atoms with E-state index in [1.165, 1.54) is 38.5 Å². The Bertz CT molecular complexity index is 394. The Balaban J connectivity index is 1.78. The molecule has 1 unspecified atom stereocenters. The predicted octanol–water partition coefficient (Wildman–Crippen LogP) is 3.35. The normalized spacial score (nSPS) is 52.5. The Morgan fingerprint density at radius 2 is 1.65 bits per heavy atom. The van der Waals surface area contributed by atoms with Crippen LogP contribution in [0, 0.1) is 23.2 Å². The Hall–Kier alpha value is 0.140. The number of hydrogen-bond acceptors (Lipinski definition) is 2. The molecular formula is C13H17ClO2S. The second kappa shape index (κ2) is 3.58. The fourth-order valence-corrected chi connectivity index (χ4v) is 6.87. The minimum absolute atomic E-state index is 0.146. The van der Waals surface area contributed by atoms with E-state index in [0.29, 0.717) is 6.61 Å². The van der Waals surface area contributed by atoms with Crippen LogP contribution in [0.4, 0.5) is 0 Å². The van der Waals surface area contributed by atoms with Gasteiger partial charge in [-0.1, -0.05) is 11.6 Å². The molecule has 5 rings (SSSR count). The van der Waals surface area contributed by atoms with Crippen LogP contribution in [0.15, 0.2) is 9.94 Å². The Labute approximate surface area is 109 Å². The molecule has 5 aliphatic rings. The third-order valence-electron chi connectivity index (χ3n) is 5.23. The zero-order valence-electron chi connectivity index (χ0n) is 9.78. The number of halogens is 1. The highest BCUT2D eigenvalue weighted by Crippen LogP contribution is 2.64. The summed E-state index contributed by atoms with van der Waals surface area (Å²) < 4.78 is 17.3. The van der Waals surface area contributed by atoms with Crippen molar-refractivity contribution in [3.63, 3.8) is 0 Å². The maximum Gasteiger partial charge on any atom is 0.187 e. The predicted molar refractivity (Wildman–Crippen MR) is 67.6 cm³/mol. The lowest BCUT2D eigenvalue weighted by Gasteiger charge is -2.56. The number of rotatable bonds is 1. The van der Waals surface area contributed by atoms with Crippen molar-refractivity contribution in [2.24, 2.45) is 23.2 Å². The molecule has 0 aromatic rings. The third kappa shape index (κ3) is 1.52. The second-order valence-corrected chi connectivity index (χ2v) is 8.00. The molecule has 0 radical (unpaired) electrons. The molecule has 0 saturated heterocycles. The van der Waals surface area contributed by atoms with E-state index in [2.05, 4.69) is 0 Å². The SMILES string of the molecule is O=S1OCC(Cl)=C1C12CC3CC(CC(C3)C1)C2. The van der Waals surface area contributed by atoms with Crippen LogP contribution in [-0.4, -0.2) is 10.8 Å². The third-order valence-corrected chi connectivity index (χ3v) is 6.98. The monoisotopic (exact) mass is 272 g/mol. The lowest BCUT2D eigenvalue weighted by atomic mass is 9.49. The highest BCUT2D eigenvalue weighted by Gasteiger charge is 2.55. The van der Waals surface area contributed by atoms with Gasteiger partial charge in [-0.2, -0.15) is 0 Å². The van der Waals surface area contributed by atoms with E-state index in [1.807, 2.05) is 0 Å². The average molecular weight is 273 g/mol. The Morgan fingerprint density at radius 1 is 1.12 bits per heavy atom. The fraction of sp³-hybridized carbons (Fsp3) is 0.846.